The van der Waals surface area contributed by atoms with Crippen molar-refractivity contribution in [3.8, 4) is 0 Å². The Balaban J connectivity index is 1.98. The molecule has 0 aromatic carbocycles. The molecule has 1 aromatic rings. The Kier molecular flexibility index (Phi) is 5.05. The molecule has 1 amide bonds. The largest absolute Gasteiger partial charge is 0.369 e. The monoisotopic (exact) mass is 325 g/mol. The fraction of sp³-hybridized carbons (Fsp3) is 0.600. The second-order valence-electron chi connectivity index (χ2n) is 6.22. The molecule has 0 saturated carbocycles. The molecule has 2 rings (SSSR count). The standard InChI is InChI=1S/C15H23N3O3S/c1-11(2)8-15(19)17-14-5-4-12(9-16-14)18(3)13-6-7-22(20,21)10-13/h4-5,9,11,13H,6-8,10H2,1-3H3,(H,16,17,19). The van der Waals surface area contributed by atoms with Gasteiger partial charge >= 0.3 is 0 Å². The molecule has 1 atom stereocenters. The highest BCUT2D eigenvalue weighted by Crippen LogP contribution is 2.23. The molecule has 2 heterocycles. The first kappa shape index (κ1) is 16.7. The van der Waals surface area contributed by atoms with Crippen molar-refractivity contribution in [1.82, 2.24) is 4.98 Å². The third-order valence-electron chi connectivity index (χ3n) is 3.77. The zero-order valence-corrected chi connectivity index (χ0v) is 14.1. The summed E-state index contributed by atoms with van der Waals surface area (Å²) in [5.74, 6) is 1.21. The highest BCUT2D eigenvalue weighted by molar-refractivity contribution is 7.91. The molecule has 22 heavy (non-hydrogen) atoms. The van der Waals surface area contributed by atoms with Gasteiger partial charge in [0.15, 0.2) is 9.84 Å². The van der Waals surface area contributed by atoms with Crippen molar-refractivity contribution >= 4 is 27.2 Å². The lowest BCUT2D eigenvalue weighted by Gasteiger charge is -2.25. The van der Waals surface area contributed by atoms with Crippen molar-refractivity contribution in [3.05, 3.63) is 18.3 Å². The number of hydrogen-bond donors (Lipinski definition) is 1. The quantitative estimate of drug-likeness (QED) is 0.891. The number of rotatable bonds is 5. The number of hydrogen-bond acceptors (Lipinski definition) is 5. The molecule has 1 aliphatic heterocycles. The van der Waals surface area contributed by atoms with E-state index in [1.165, 1.54) is 0 Å². The molecule has 0 radical (unpaired) electrons. The van der Waals surface area contributed by atoms with Crippen LogP contribution in [0.15, 0.2) is 18.3 Å². The van der Waals surface area contributed by atoms with E-state index in [9.17, 15) is 13.2 Å². The van der Waals surface area contributed by atoms with Crippen LogP contribution < -0.4 is 10.2 Å². The van der Waals surface area contributed by atoms with Crippen LogP contribution in [0.4, 0.5) is 11.5 Å². The van der Waals surface area contributed by atoms with Crippen LogP contribution >= 0.6 is 0 Å². The Morgan fingerprint density at radius 1 is 1.45 bits per heavy atom. The van der Waals surface area contributed by atoms with Crippen LogP contribution in [0.3, 0.4) is 0 Å². The Morgan fingerprint density at radius 2 is 2.18 bits per heavy atom. The van der Waals surface area contributed by atoms with Crippen LogP contribution in [0.2, 0.25) is 0 Å². The minimum absolute atomic E-state index is 0.00631. The summed E-state index contributed by atoms with van der Waals surface area (Å²) in [4.78, 5) is 17.9. The van der Waals surface area contributed by atoms with Crippen LogP contribution in [0.1, 0.15) is 26.7 Å². The van der Waals surface area contributed by atoms with Crippen molar-refractivity contribution in [1.29, 1.82) is 0 Å². The van der Waals surface area contributed by atoms with Gasteiger partial charge in [-0.25, -0.2) is 13.4 Å². The Labute approximate surface area is 131 Å². The molecule has 0 spiro atoms. The van der Waals surface area contributed by atoms with Crippen LogP contribution in [0.5, 0.6) is 0 Å². The van der Waals surface area contributed by atoms with E-state index in [1.54, 1.807) is 12.3 Å². The summed E-state index contributed by atoms with van der Waals surface area (Å²) >= 11 is 0. The third-order valence-corrected chi connectivity index (χ3v) is 5.52. The molecule has 0 aliphatic carbocycles. The number of anilines is 2. The van der Waals surface area contributed by atoms with Gasteiger partial charge in [-0.2, -0.15) is 0 Å². The summed E-state index contributed by atoms with van der Waals surface area (Å²) < 4.78 is 23.1. The average molecular weight is 325 g/mol. The van der Waals surface area contributed by atoms with Crippen LogP contribution in [-0.2, 0) is 14.6 Å². The second-order valence-corrected chi connectivity index (χ2v) is 8.44. The van der Waals surface area contributed by atoms with Crippen molar-refractivity contribution < 1.29 is 13.2 Å². The Morgan fingerprint density at radius 3 is 2.68 bits per heavy atom. The maximum atomic E-state index is 11.7. The lowest BCUT2D eigenvalue weighted by molar-refractivity contribution is -0.116. The summed E-state index contributed by atoms with van der Waals surface area (Å²) in [7, 11) is -1.03. The Bertz CT molecular complexity index is 626. The van der Waals surface area contributed by atoms with Gasteiger partial charge in [-0.1, -0.05) is 13.8 Å². The number of aromatic nitrogens is 1. The highest BCUT2D eigenvalue weighted by atomic mass is 32.2. The minimum atomic E-state index is -2.90. The summed E-state index contributed by atoms with van der Waals surface area (Å²) in [5, 5.41) is 2.76. The molecule has 1 N–H and O–H groups in total. The molecule has 1 aliphatic rings. The number of sulfone groups is 1. The molecule has 1 saturated heterocycles. The number of pyridine rings is 1. The summed E-state index contributed by atoms with van der Waals surface area (Å²) in [6, 6.07) is 3.59. The fourth-order valence-electron chi connectivity index (χ4n) is 2.52. The van der Waals surface area contributed by atoms with Gasteiger partial charge in [0, 0.05) is 19.5 Å². The summed E-state index contributed by atoms with van der Waals surface area (Å²) in [6.07, 6.45) is 2.77. The molecule has 1 fully saturated rings. The van der Waals surface area contributed by atoms with Crippen LogP contribution in [0.25, 0.3) is 0 Å². The predicted octanol–water partition coefficient (Wildman–Crippen LogP) is 1.69. The van der Waals surface area contributed by atoms with Crippen molar-refractivity contribution in [2.75, 3.05) is 28.8 Å². The van der Waals surface area contributed by atoms with Gasteiger partial charge in [0.2, 0.25) is 5.91 Å². The minimum Gasteiger partial charge on any atom is -0.369 e. The first-order chi connectivity index (χ1) is 10.3. The average Bonchev–Trinajstić information content (AvgIpc) is 2.78. The lowest BCUT2D eigenvalue weighted by Crippen LogP contribution is -2.32. The Hall–Kier alpha value is -1.63. The maximum Gasteiger partial charge on any atom is 0.225 e. The number of nitrogens with zero attached hydrogens (tertiary/aromatic N) is 2. The van der Waals surface area contributed by atoms with Crippen molar-refractivity contribution in [2.45, 2.75) is 32.7 Å². The van der Waals surface area contributed by atoms with E-state index in [0.29, 0.717) is 24.6 Å². The second kappa shape index (κ2) is 6.64. The predicted molar refractivity (Wildman–Crippen MR) is 87.8 cm³/mol. The fourth-order valence-corrected chi connectivity index (χ4v) is 4.30. The van der Waals surface area contributed by atoms with E-state index < -0.39 is 9.84 Å². The van der Waals surface area contributed by atoms with Gasteiger partial charge in [-0.3, -0.25) is 4.79 Å². The molecule has 1 unspecified atom stereocenters. The van der Waals surface area contributed by atoms with E-state index in [0.717, 1.165) is 5.69 Å². The molecule has 1 aromatic heterocycles. The number of nitrogens with one attached hydrogen (secondary N) is 1. The van der Waals surface area contributed by atoms with Crippen LogP contribution in [0, 0.1) is 5.92 Å². The van der Waals surface area contributed by atoms with Crippen LogP contribution in [-0.4, -0.2) is 43.9 Å². The van der Waals surface area contributed by atoms with E-state index in [2.05, 4.69) is 10.3 Å². The third kappa shape index (κ3) is 4.43. The number of carbonyl (C=O) groups is 1. The highest BCUT2D eigenvalue weighted by Gasteiger charge is 2.30. The molecule has 7 heteroatoms. The molecule has 122 valence electrons. The van der Waals surface area contributed by atoms with Gasteiger partial charge in [0.25, 0.3) is 0 Å². The maximum absolute atomic E-state index is 11.7. The SMILES string of the molecule is CC(C)CC(=O)Nc1ccc(N(C)C2CCS(=O)(=O)C2)cn1. The van der Waals surface area contributed by atoms with E-state index >= 15 is 0 Å². The van der Waals surface area contributed by atoms with Gasteiger partial charge in [-0.15, -0.1) is 0 Å². The van der Waals surface area contributed by atoms with Gasteiger partial charge < -0.3 is 10.2 Å². The topological polar surface area (TPSA) is 79.4 Å². The molecule has 0 bridgehead atoms. The zero-order chi connectivity index (χ0) is 16.3. The van der Waals surface area contributed by atoms with Crippen molar-refractivity contribution in [3.63, 3.8) is 0 Å². The van der Waals surface area contributed by atoms with Crippen molar-refractivity contribution in [2.24, 2.45) is 5.92 Å². The zero-order valence-electron chi connectivity index (χ0n) is 13.2. The summed E-state index contributed by atoms with van der Waals surface area (Å²) in [5.41, 5.74) is 0.851. The summed E-state index contributed by atoms with van der Waals surface area (Å²) in [6.45, 7) is 3.97. The molecular formula is C15H23N3O3S. The van der Waals surface area contributed by atoms with Gasteiger partial charge in [0.05, 0.1) is 23.4 Å². The van der Waals surface area contributed by atoms with E-state index in [1.807, 2.05) is 31.9 Å². The molecular weight excluding hydrogens is 302 g/mol. The lowest BCUT2D eigenvalue weighted by atomic mass is 10.1. The first-order valence-electron chi connectivity index (χ1n) is 7.46. The van der Waals surface area contributed by atoms with Gasteiger partial charge in [0.1, 0.15) is 5.82 Å². The number of amides is 1. The first-order valence-corrected chi connectivity index (χ1v) is 9.28. The normalized spacial score (nSPS) is 20.1. The van der Waals surface area contributed by atoms with E-state index in [4.69, 9.17) is 0 Å². The van der Waals surface area contributed by atoms with E-state index in [-0.39, 0.29) is 23.5 Å². The number of carbonyl (C=O) groups excluding carboxylic acids is 1. The van der Waals surface area contributed by atoms with Gasteiger partial charge in [-0.05, 0) is 24.5 Å². The molecule has 6 nitrogen and oxygen atoms in total. The smallest absolute Gasteiger partial charge is 0.225 e.